The zero-order valence-electron chi connectivity index (χ0n) is 7.88. The molecule has 1 aliphatic rings. The van der Waals surface area contributed by atoms with E-state index < -0.39 is 24.5 Å². The van der Waals surface area contributed by atoms with Crippen LogP contribution in [0.2, 0.25) is 0 Å². The van der Waals surface area contributed by atoms with Crippen LogP contribution in [0.25, 0.3) is 0 Å². The highest BCUT2D eigenvalue weighted by Crippen LogP contribution is 2.24. The van der Waals surface area contributed by atoms with Crippen LogP contribution in [0.1, 0.15) is 6.92 Å². The average molecular weight is 191 g/mol. The number of hydrogen-bond acceptors (Lipinski definition) is 5. The predicted molar refractivity (Wildman–Crippen MR) is 45.9 cm³/mol. The Labute approximate surface area is 77.4 Å². The van der Waals surface area contributed by atoms with E-state index in [1.54, 1.807) is 6.92 Å². The fourth-order valence-electron chi connectivity index (χ4n) is 1.54. The van der Waals surface area contributed by atoms with Crippen molar-refractivity contribution in [2.75, 3.05) is 13.7 Å². The lowest BCUT2D eigenvalue weighted by Gasteiger charge is -2.40. The monoisotopic (exact) mass is 191 g/mol. The molecule has 0 amide bonds. The topological polar surface area (TPSA) is 84.9 Å². The van der Waals surface area contributed by atoms with Crippen LogP contribution in [0.4, 0.5) is 0 Å². The van der Waals surface area contributed by atoms with Crippen LogP contribution in [0.5, 0.6) is 0 Å². The Kier molecular flexibility index (Phi) is 3.63. The van der Waals surface area contributed by atoms with Crippen molar-refractivity contribution in [3.63, 3.8) is 0 Å². The molecule has 5 nitrogen and oxygen atoms in total. The molecule has 0 aromatic carbocycles. The standard InChI is InChI=1S/C8H17NO4/c1-4-5(3-10)13-8(12-2)6(9)7(4)11/h4-8,10-11H,3,9H2,1-2H3/t4-,5?,6?,7+,8+/m0/s1. The van der Waals surface area contributed by atoms with E-state index in [0.29, 0.717) is 0 Å². The number of hydrogen-bond donors (Lipinski definition) is 3. The van der Waals surface area contributed by atoms with E-state index in [1.165, 1.54) is 7.11 Å². The van der Waals surface area contributed by atoms with Crippen LogP contribution in [0.3, 0.4) is 0 Å². The Morgan fingerprint density at radius 1 is 1.54 bits per heavy atom. The molecule has 0 spiro atoms. The zero-order chi connectivity index (χ0) is 10.0. The molecule has 78 valence electrons. The maximum absolute atomic E-state index is 9.65. The molecule has 1 fully saturated rings. The summed E-state index contributed by atoms with van der Waals surface area (Å²) < 4.78 is 10.3. The van der Waals surface area contributed by atoms with Crippen molar-refractivity contribution >= 4 is 0 Å². The smallest absolute Gasteiger partial charge is 0.175 e. The van der Waals surface area contributed by atoms with Crippen LogP contribution in [0, 0.1) is 5.92 Å². The van der Waals surface area contributed by atoms with Crippen molar-refractivity contribution in [3.05, 3.63) is 0 Å². The molecule has 0 aromatic rings. The predicted octanol–water partition coefficient (Wildman–Crippen LogP) is -1.33. The normalized spacial score (nSPS) is 46.4. The molecule has 0 radical (unpaired) electrons. The maximum Gasteiger partial charge on any atom is 0.175 e. The van der Waals surface area contributed by atoms with Gasteiger partial charge in [0, 0.05) is 13.0 Å². The van der Waals surface area contributed by atoms with Gasteiger partial charge >= 0.3 is 0 Å². The summed E-state index contributed by atoms with van der Waals surface area (Å²) >= 11 is 0. The summed E-state index contributed by atoms with van der Waals surface area (Å²) in [6.45, 7) is 1.65. The van der Waals surface area contributed by atoms with Gasteiger partial charge in [0.1, 0.15) is 0 Å². The van der Waals surface area contributed by atoms with Gasteiger partial charge < -0.3 is 25.4 Å². The van der Waals surface area contributed by atoms with Crippen LogP contribution < -0.4 is 5.73 Å². The number of aliphatic hydroxyl groups is 2. The third-order valence-corrected chi connectivity index (χ3v) is 2.55. The molecule has 1 heterocycles. The van der Waals surface area contributed by atoms with E-state index in [0.717, 1.165) is 0 Å². The summed E-state index contributed by atoms with van der Waals surface area (Å²) in [7, 11) is 1.46. The molecule has 1 aliphatic heterocycles. The summed E-state index contributed by atoms with van der Waals surface area (Å²) in [5, 5.41) is 18.6. The SMILES string of the molecule is CO[C@@H]1OC(CO)[C@H](C)[C@@H](O)C1N. The Morgan fingerprint density at radius 2 is 2.15 bits per heavy atom. The van der Waals surface area contributed by atoms with E-state index in [-0.39, 0.29) is 12.5 Å². The first-order valence-corrected chi connectivity index (χ1v) is 4.34. The molecule has 13 heavy (non-hydrogen) atoms. The van der Waals surface area contributed by atoms with Gasteiger partial charge in [-0.3, -0.25) is 0 Å². The summed E-state index contributed by atoms with van der Waals surface area (Å²) in [5.41, 5.74) is 5.66. The van der Waals surface area contributed by atoms with Crippen molar-refractivity contribution in [1.29, 1.82) is 0 Å². The Morgan fingerprint density at radius 3 is 2.62 bits per heavy atom. The molecule has 0 aliphatic carbocycles. The molecule has 4 N–H and O–H groups in total. The number of ether oxygens (including phenoxy) is 2. The lowest BCUT2D eigenvalue weighted by molar-refractivity contribution is -0.240. The first kappa shape index (κ1) is 10.9. The fraction of sp³-hybridized carbons (Fsp3) is 1.00. The van der Waals surface area contributed by atoms with Crippen LogP contribution in [-0.4, -0.2) is 48.5 Å². The van der Waals surface area contributed by atoms with Gasteiger partial charge in [-0.25, -0.2) is 0 Å². The van der Waals surface area contributed by atoms with Crippen LogP contribution in [0.15, 0.2) is 0 Å². The molecule has 0 bridgehead atoms. The largest absolute Gasteiger partial charge is 0.394 e. The highest BCUT2D eigenvalue weighted by molar-refractivity contribution is 4.88. The van der Waals surface area contributed by atoms with Gasteiger partial charge in [-0.1, -0.05) is 6.92 Å². The lowest BCUT2D eigenvalue weighted by Crippen LogP contribution is -2.58. The van der Waals surface area contributed by atoms with Crippen molar-refractivity contribution in [2.45, 2.75) is 31.5 Å². The Bertz CT molecular complexity index is 146. The van der Waals surface area contributed by atoms with Crippen molar-refractivity contribution in [2.24, 2.45) is 11.7 Å². The van der Waals surface area contributed by atoms with Gasteiger partial charge in [-0.05, 0) is 0 Å². The summed E-state index contributed by atoms with van der Waals surface area (Å²) in [6, 6.07) is -0.553. The highest BCUT2D eigenvalue weighted by atomic mass is 16.7. The van der Waals surface area contributed by atoms with Crippen molar-refractivity contribution < 1.29 is 19.7 Å². The fourth-order valence-corrected chi connectivity index (χ4v) is 1.54. The first-order chi connectivity index (χ1) is 6.11. The summed E-state index contributed by atoms with van der Waals surface area (Å²) in [5.74, 6) is -0.175. The van der Waals surface area contributed by atoms with E-state index in [1.807, 2.05) is 0 Å². The average Bonchev–Trinajstić information content (AvgIpc) is 2.15. The molecule has 1 rings (SSSR count). The van der Waals surface area contributed by atoms with Crippen LogP contribution in [-0.2, 0) is 9.47 Å². The molecule has 0 aromatic heterocycles. The minimum Gasteiger partial charge on any atom is -0.394 e. The summed E-state index contributed by atoms with van der Waals surface area (Å²) in [6.07, 6.45) is -1.74. The second kappa shape index (κ2) is 4.34. The Balaban J connectivity index is 2.66. The molecule has 5 heteroatoms. The van der Waals surface area contributed by atoms with Gasteiger partial charge in [-0.15, -0.1) is 0 Å². The molecule has 5 atom stereocenters. The first-order valence-electron chi connectivity index (χ1n) is 4.34. The van der Waals surface area contributed by atoms with Crippen LogP contribution >= 0.6 is 0 Å². The molecule has 1 saturated heterocycles. The number of methoxy groups -OCH3 is 1. The summed E-state index contributed by atoms with van der Waals surface area (Å²) in [4.78, 5) is 0. The molecule has 0 saturated carbocycles. The van der Waals surface area contributed by atoms with Gasteiger partial charge in [-0.2, -0.15) is 0 Å². The van der Waals surface area contributed by atoms with Crippen molar-refractivity contribution in [3.8, 4) is 0 Å². The molecular weight excluding hydrogens is 174 g/mol. The van der Waals surface area contributed by atoms with Gasteiger partial charge in [0.05, 0.1) is 24.9 Å². The van der Waals surface area contributed by atoms with E-state index in [9.17, 15) is 5.11 Å². The number of nitrogens with two attached hydrogens (primary N) is 1. The third kappa shape index (κ3) is 2.00. The van der Waals surface area contributed by atoms with E-state index >= 15 is 0 Å². The lowest BCUT2D eigenvalue weighted by atomic mass is 9.90. The van der Waals surface area contributed by atoms with E-state index in [2.05, 4.69) is 0 Å². The molecular formula is C8H17NO4. The Hall–Kier alpha value is -0.200. The van der Waals surface area contributed by atoms with Gasteiger partial charge in [0.15, 0.2) is 6.29 Å². The third-order valence-electron chi connectivity index (χ3n) is 2.55. The number of rotatable bonds is 2. The highest BCUT2D eigenvalue weighted by Gasteiger charge is 2.40. The molecule has 2 unspecified atom stereocenters. The maximum atomic E-state index is 9.65. The second-order valence-corrected chi connectivity index (χ2v) is 3.39. The number of aliphatic hydroxyl groups excluding tert-OH is 2. The zero-order valence-corrected chi connectivity index (χ0v) is 7.88. The van der Waals surface area contributed by atoms with Gasteiger partial charge in [0.2, 0.25) is 0 Å². The quantitative estimate of drug-likeness (QED) is 0.504. The minimum atomic E-state index is -0.698. The van der Waals surface area contributed by atoms with E-state index in [4.69, 9.17) is 20.3 Å². The minimum absolute atomic E-state index is 0.134. The van der Waals surface area contributed by atoms with Gasteiger partial charge in [0.25, 0.3) is 0 Å². The second-order valence-electron chi connectivity index (χ2n) is 3.39. The van der Waals surface area contributed by atoms with Crippen molar-refractivity contribution in [1.82, 2.24) is 0 Å².